The average Bonchev–Trinajstić information content (AvgIpc) is 3.03. The summed E-state index contributed by atoms with van der Waals surface area (Å²) in [5.41, 5.74) is 5.59. The molecule has 28 heavy (non-hydrogen) atoms. The first-order chi connectivity index (χ1) is 13.5. The summed E-state index contributed by atoms with van der Waals surface area (Å²) in [5.74, 6) is 1.41. The normalized spacial score (nSPS) is 16.2. The van der Waals surface area contributed by atoms with E-state index in [-0.39, 0.29) is 12.1 Å². The summed E-state index contributed by atoms with van der Waals surface area (Å²) in [7, 11) is 0. The standard InChI is InChI=1S/C24H24N2O2/c1-16-13-17(2)23(18(3)14-16)21-15-25-24(27)26(21)20-11-7-8-12-22(20)28-19-9-5-4-6-10-19/h4-14,21H,15H2,1-3H3,(H,25,27). The molecule has 0 radical (unpaired) electrons. The number of para-hydroxylation sites is 3. The maximum Gasteiger partial charge on any atom is 0.322 e. The molecule has 0 spiro atoms. The summed E-state index contributed by atoms with van der Waals surface area (Å²) in [6, 6.07) is 21.5. The van der Waals surface area contributed by atoms with Gasteiger partial charge in [0, 0.05) is 6.54 Å². The van der Waals surface area contributed by atoms with Gasteiger partial charge in [0.15, 0.2) is 5.75 Å². The first-order valence-corrected chi connectivity index (χ1v) is 9.51. The van der Waals surface area contributed by atoms with Crippen LogP contribution in [-0.4, -0.2) is 12.6 Å². The van der Waals surface area contributed by atoms with E-state index < -0.39 is 0 Å². The highest BCUT2D eigenvalue weighted by molar-refractivity contribution is 5.97. The fourth-order valence-corrected chi connectivity index (χ4v) is 4.09. The lowest BCUT2D eigenvalue weighted by Gasteiger charge is -2.28. The monoisotopic (exact) mass is 372 g/mol. The first kappa shape index (κ1) is 18.1. The molecule has 1 N–H and O–H groups in total. The molecule has 0 saturated carbocycles. The maximum atomic E-state index is 12.8. The molecule has 1 fully saturated rings. The molecule has 4 nitrogen and oxygen atoms in total. The third-order valence-corrected chi connectivity index (χ3v) is 5.14. The minimum Gasteiger partial charge on any atom is -0.455 e. The van der Waals surface area contributed by atoms with E-state index in [0.717, 1.165) is 11.4 Å². The third kappa shape index (κ3) is 3.33. The number of anilines is 1. The van der Waals surface area contributed by atoms with Crippen LogP contribution < -0.4 is 15.0 Å². The topological polar surface area (TPSA) is 41.6 Å². The van der Waals surface area contributed by atoms with E-state index in [1.54, 1.807) is 0 Å². The average molecular weight is 372 g/mol. The van der Waals surface area contributed by atoms with E-state index in [9.17, 15) is 4.79 Å². The van der Waals surface area contributed by atoms with Crippen LogP contribution in [0.4, 0.5) is 10.5 Å². The van der Waals surface area contributed by atoms with Gasteiger partial charge in [0.1, 0.15) is 5.75 Å². The molecule has 0 bridgehead atoms. The lowest BCUT2D eigenvalue weighted by molar-refractivity contribution is 0.251. The maximum absolute atomic E-state index is 12.8. The Morgan fingerprint density at radius 3 is 2.29 bits per heavy atom. The van der Waals surface area contributed by atoms with Crippen LogP contribution in [-0.2, 0) is 0 Å². The zero-order valence-corrected chi connectivity index (χ0v) is 16.4. The number of hydrogen-bond acceptors (Lipinski definition) is 2. The number of hydrogen-bond donors (Lipinski definition) is 1. The number of rotatable bonds is 4. The molecule has 3 aromatic rings. The van der Waals surface area contributed by atoms with Gasteiger partial charge >= 0.3 is 6.03 Å². The zero-order valence-electron chi connectivity index (χ0n) is 16.4. The second-order valence-corrected chi connectivity index (χ2v) is 7.27. The van der Waals surface area contributed by atoms with Gasteiger partial charge in [0.2, 0.25) is 0 Å². The van der Waals surface area contributed by atoms with Gasteiger partial charge in [0.25, 0.3) is 0 Å². The minimum atomic E-state index is -0.103. The Morgan fingerprint density at radius 1 is 0.929 bits per heavy atom. The molecule has 3 aromatic carbocycles. The second-order valence-electron chi connectivity index (χ2n) is 7.27. The molecule has 142 valence electrons. The van der Waals surface area contributed by atoms with E-state index in [4.69, 9.17) is 4.74 Å². The van der Waals surface area contributed by atoms with Crippen molar-refractivity contribution in [3.05, 3.63) is 89.0 Å². The van der Waals surface area contributed by atoms with Gasteiger partial charge in [-0.15, -0.1) is 0 Å². The van der Waals surface area contributed by atoms with Gasteiger partial charge in [0.05, 0.1) is 11.7 Å². The molecule has 1 aliphatic heterocycles. The summed E-state index contributed by atoms with van der Waals surface area (Å²) in [4.78, 5) is 14.6. The zero-order chi connectivity index (χ0) is 19.7. The van der Waals surface area contributed by atoms with Crippen molar-refractivity contribution in [3.8, 4) is 11.5 Å². The van der Waals surface area contributed by atoms with Crippen molar-refractivity contribution in [3.63, 3.8) is 0 Å². The smallest absolute Gasteiger partial charge is 0.322 e. The van der Waals surface area contributed by atoms with E-state index in [1.165, 1.54) is 22.3 Å². The Labute approximate surface area is 165 Å². The van der Waals surface area contributed by atoms with Crippen LogP contribution in [0.1, 0.15) is 28.3 Å². The Morgan fingerprint density at radius 2 is 1.57 bits per heavy atom. The largest absolute Gasteiger partial charge is 0.455 e. The van der Waals surface area contributed by atoms with Crippen molar-refractivity contribution >= 4 is 11.7 Å². The number of aryl methyl sites for hydroxylation is 3. The summed E-state index contributed by atoms with van der Waals surface area (Å²) < 4.78 is 6.11. The van der Waals surface area contributed by atoms with E-state index in [1.807, 2.05) is 59.5 Å². The van der Waals surface area contributed by atoms with Crippen LogP contribution in [0, 0.1) is 20.8 Å². The molecule has 4 heteroatoms. The number of ether oxygens (including phenoxy) is 1. The molecular formula is C24H24N2O2. The highest BCUT2D eigenvalue weighted by atomic mass is 16.5. The van der Waals surface area contributed by atoms with Gasteiger partial charge < -0.3 is 10.1 Å². The SMILES string of the molecule is Cc1cc(C)c(C2CNC(=O)N2c2ccccc2Oc2ccccc2)c(C)c1. The summed E-state index contributed by atoms with van der Waals surface area (Å²) in [6.07, 6.45) is 0. The summed E-state index contributed by atoms with van der Waals surface area (Å²) in [6.45, 7) is 6.90. The molecule has 2 amide bonds. The molecule has 1 atom stereocenters. The first-order valence-electron chi connectivity index (χ1n) is 9.51. The van der Waals surface area contributed by atoms with Crippen molar-refractivity contribution in [1.29, 1.82) is 0 Å². The minimum absolute atomic E-state index is 0.0753. The Bertz CT molecular complexity index is 991. The van der Waals surface area contributed by atoms with Crippen molar-refractivity contribution in [2.24, 2.45) is 0 Å². The number of nitrogens with one attached hydrogen (secondary N) is 1. The van der Waals surface area contributed by atoms with Gasteiger partial charge in [-0.25, -0.2) is 4.79 Å². The van der Waals surface area contributed by atoms with Crippen molar-refractivity contribution < 1.29 is 9.53 Å². The van der Waals surface area contributed by atoms with Crippen LogP contribution in [0.5, 0.6) is 11.5 Å². The second kappa shape index (κ2) is 7.39. The van der Waals surface area contributed by atoms with Crippen LogP contribution >= 0.6 is 0 Å². The fraction of sp³-hybridized carbons (Fsp3) is 0.208. The Balaban J connectivity index is 1.77. The molecule has 1 unspecified atom stereocenters. The molecule has 1 aliphatic rings. The Kier molecular flexibility index (Phi) is 4.78. The number of nitrogens with zero attached hydrogens (tertiary/aromatic N) is 1. The predicted octanol–water partition coefficient (Wildman–Crippen LogP) is 5.68. The fourth-order valence-electron chi connectivity index (χ4n) is 4.09. The molecule has 0 aromatic heterocycles. The number of urea groups is 1. The van der Waals surface area contributed by atoms with Crippen molar-refractivity contribution in [2.75, 3.05) is 11.4 Å². The number of benzene rings is 3. The lowest BCUT2D eigenvalue weighted by atomic mass is 9.93. The molecule has 1 heterocycles. The molecule has 1 saturated heterocycles. The van der Waals surface area contributed by atoms with E-state index in [2.05, 4.69) is 38.2 Å². The van der Waals surface area contributed by atoms with E-state index >= 15 is 0 Å². The van der Waals surface area contributed by atoms with Crippen LogP contribution in [0.15, 0.2) is 66.7 Å². The van der Waals surface area contributed by atoms with Crippen molar-refractivity contribution in [1.82, 2.24) is 5.32 Å². The van der Waals surface area contributed by atoms with Gasteiger partial charge in [-0.05, 0) is 61.7 Å². The highest BCUT2D eigenvalue weighted by Gasteiger charge is 2.36. The van der Waals surface area contributed by atoms with E-state index in [0.29, 0.717) is 12.3 Å². The van der Waals surface area contributed by atoms with Gasteiger partial charge in [-0.2, -0.15) is 0 Å². The number of carbonyl (C=O) groups excluding carboxylic acids is 1. The molecule has 4 rings (SSSR count). The van der Waals surface area contributed by atoms with Crippen LogP contribution in [0.3, 0.4) is 0 Å². The quantitative estimate of drug-likeness (QED) is 0.640. The number of amides is 2. The van der Waals surface area contributed by atoms with Crippen molar-refractivity contribution in [2.45, 2.75) is 26.8 Å². The Hall–Kier alpha value is -3.27. The van der Waals surface area contributed by atoms with Crippen LogP contribution in [0.25, 0.3) is 0 Å². The summed E-state index contributed by atoms with van der Waals surface area (Å²) in [5, 5.41) is 3.01. The lowest BCUT2D eigenvalue weighted by Crippen LogP contribution is -2.30. The summed E-state index contributed by atoms with van der Waals surface area (Å²) >= 11 is 0. The van der Waals surface area contributed by atoms with Gasteiger partial charge in [-0.3, -0.25) is 4.90 Å². The highest BCUT2D eigenvalue weighted by Crippen LogP contribution is 2.40. The predicted molar refractivity (Wildman–Crippen MR) is 112 cm³/mol. The molecular weight excluding hydrogens is 348 g/mol. The van der Waals surface area contributed by atoms with Crippen LogP contribution in [0.2, 0.25) is 0 Å². The molecule has 0 aliphatic carbocycles. The third-order valence-electron chi connectivity index (χ3n) is 5.14. The number of carbonyl (C=O) groups is 1. The van der Waals surface area contributed by atoms with Gasteiger partial charge in [-0.1, -0.05) is 48.0 Å².